The van der Waals surface area contributed by atoms with Crippen LogP contribution in [0.2, 0.25) is 0 Å². The van der Waals surface area contributed by atoms with Crippen LogP contribution in [-0.2, 0) is 37.9 Å². The van der Waals surface area contributed by atoms with Crippen LogP contribution in [0.5, 0.6) is 0 Å². The molecule has 0 unspecified atom stereocenters. The zero-order valence-corrected chi connectivity index (χ0v) is 32.9. The van der Waals surface area contributed by atoms with Crippen LogP contribution in [0.4, 0.5) is 4.79 Å². The first-order valence-corrected chi connectivity index (χ1v) is 20.3. The van der Waals surface area contributed by atoms with E-state index in [1.165, 1.54) is 86.5 Å². The Morgan fingerprint density at radius 3 is 1.28 bits per heavy atom. The smallest absolute Gasteiger partial charge is 0.409 e. The summed E-state index contributed by atoms with van der Waals surface area (Å²) in [5, 5.41) is 0. The monoisotopic (exact) mass is 743 g/mol. The number of ether oxygens (including phenoxy) is 8. The predicted molar refractivity (Wildman–Crippen MR) is 210 cm³/mol. The molecule has 10 nitrogen and oxygen atoms in total. The number of unbranched alkanes of at least 4 members (excludes halogenated alkanes) is 10. The molecule has 53 heavy (non-hydrogen) atoms. The summed E-state index contributed by atoms with van der Waals surface area (Å²) in [6, 6.07) is 16.6. The highest BCUT2D eigenvalue weighted by Crippen LogP contribution is 2.44. The minimum absolute atomic E-state index is 0.0464. The molecule has 2 aromatic rings. The molecule has 2 aromatic carbocycles. The minimum atomic E-state index is -0.355. The number of carbonyl (C=O) groups excluding carboxylic acids is 1. The van der Waals surface area contributed by atoms with Gasteiger partial charge in [0.1, 0.15) is 6.61 Å². The Kier molecular flexibility index (Phi) is 26.0. The molecule has 1 aliphatic carbocycles. The van der Waals surface area contributed by atoms with Gasteiger partial charge in [-0.05, 0) is 28.7 Å². The van der Waals surface area contributed by atoms with Gasteiger partial charge in [-0.3, -0.25) is 0 Å². The summed E-state index contributed by atoms with van der Waals surface area (Å²) in [6.45, 7) is 10.6. The molecule has 10 heteroatoms. The van der Waals surface area contributed by atoms with Gasteiger partial charge < -0.3 is 42.8 Å². The van der Waals surface area contributed by atoms with E-state index in [9.17, 15) is 4.79 Å². The predicted octanol–water partition coefficient (Wildman–Crippen LogP) is 8.29. The number of amides is 1. The van der Waals surface area contributed by atoms with Gasteiger partial charge in [0.15, 0.2) is 0 Å². The van der Waals surface area contributed by atoms with Gasteiger partial charge in [-0.2, -0.15) is 0 Å². The van der Waals surface area contributed by atoms with Crippen molar-refractivity contribution in [3.05, 3.63) is 59.7 Å². The van der Waals surface area contributed by atoms with Crippen LogP contribution in [0.15, 0.2) is 48.5 Å². The average molecular weight is 744 g/mol. The highest BCUT2D eigenvalue weighted by Gasteiger charge is 2.29. The Bertz CT molecular complexity index is 1140. The minimum Gasteiger partial charge on any atom is -0.448 e. The van der Waals surface area contributed by atoms with Gasteiger partial charge >= 0.3 is 6.09 Å². The first kappa shape index (κ1) is 44.8. The third-order valence-corrected chi connectivity index (χ3v) is 9.34. The lowest BCUT2D eigenvalue weighted by molar-refractivity contribution is -0.0209. The molecule has 0 spiro atoms. The van der Waals surface area contributed by atoms with Crippen LogP contribution in [-0.4, -0.2) is 124 Å². The first-order chi connectivity index (χ1) is 26.2. The normalized spacial score (nSPS) is 12.3. The molecule has 0 saturated heterocycles. The zero-order valence-electron chi connectivity index (χ0n) is 32.9. The van der Waals surface area contributed by atoms with Crippen LogP contribution >= 0.6 is 0 Å². The van der Waals surface area contributed by atoms with E-state index in [1.54, 1.807) is 11.9 Å². The summed E-state index contributed by atoms with van der Waals surface area (Å²) >= 11 is 0. The Labute approximate surface area is 320 Å². The maximum Gasteiger partial charge on any atom is 0.409 e. The second-order valence-electron chi connectivity index (χ2n) is 13.5. The van der Waals surface area contributed by atoms with E-state index in [-0.39, 0.29) is 12.0 Å². The molecule has 300 valence electrons. The number of benzene rings is 2. The van der Waals surface area contributed by atoms with Gasteiger partial charge in [-0.25, -0.2) is 4.79 Å². The molecule has 0 fully saturated rings. The SMILES string of the molecule is CCCCCCCCCCCCCOCCOCCOCCOCCOCCOCCOCCN(C)C(=O)OCC1c2ccccc2-c2ccccc21. The lowest BCUT2D eigenvalue weighted by Gasteiger charge is -2.19. The second kappa shape index (κ2) is 30.7. The Morgan fingerprint density at radius 1 is 0.491 bits per heavy atom. The van der Waals surface area contributed by atoms with Gasteiger partial charge in [0.2, 0.25) is 0 Å². The second-order valence-corrected chi connectivity index (χ2v) is 13.5. The maximum absolute atomic E-state index is 12.6. The van der Waals surface area contributed by atoms with Gasteiger partial charge in [-0.1, -0.05) is 120 Å². The topological polar surface area (TPSA) is 94.2 Å². The third-order valence-electron chi connectivity index (χ3n) is 9.34. The molecule has 0 aromatic heterocycles. The first-order valence-electron chi connectivity index (χ1n) is 20.3. The number of rotatable bonds is 35. The standard InChI is InChI=1S/C43H69NO9/c1-3-4-5-6-7-8-9-10-11-12-17-23-46-25-27-48-29-31-50-33-35-52-36-34-51-32-30-49-28-26-47-24-22-44(2)43(45)53-37-42-40-20-15-13-18-38(40)39-19-14-16-21-41(39)42/h13-16,18-21,42H,3-12,17,22-37H2,1-2H3. The van der Waals surface area contributed by atoms with E-state index in [2.05, 4.69) is 31.2 Å². The summed E-state index contributed by atoms with van der Waals surface area (Å²) in [7, 11) is 1.72. The van der Waals surface area contributed by atoms with E-state index >= 15 is 0 Å². The van der Waals surface area contributed by atoms with Crippen molar-refractivity contribution in [1.82, 2.24) is 4.90 Å². The van der Waals surface area contributed by atoms with Crippen molar-refractivity contribution in [2.45, 2.75) is 83.5 Å². The lowest BCUT2D eigenvalue weighted by atomic mass is 9.98. The Hall–Kier alpha value is -2.57. The van der Waals surface area contributed by atoms with Crippen LogP contribution < -0.4 is 0 Å². The molecule has 0 radical (unpaired) electrons. The molecule has 0 aliphatic heterocycles. The molecule has 3 rings (SSSR count). The zero-order chi connectivity index (χ0) is 37.4. The van der Waals surface area contributed by atoms with Gasteiger partial charge in [-0.15, -0.1) is 0 Å². The van der Waals surface area contributed by atoms with Gasteiger partial charge in [0, 0.05) is 26.1 Å². The molecule has 1 aliphatic rings. The van der Waals surface area contributed by atoms with E-state index in [0.717, 1.165) is 13.0 Å². The van der Waals surface area contributed by atoms with Gasteiger partial charge in [0.05, 0.1) is 85.9 Å². The highest BCUT2D eigenvalue weighted by atomic mass is 16.6. The summed E-state index contributed by atoms with van der Waals surface area (Å²) in [5.74, 6) is 0.0464. The van der Waals surface area contributed by atoms with Gasteiger partial charge in [0.25, 0.3) is 0 Å². The van der Waals surface area contributed by atoms with Crippen LogP contribution in [0, 0.1) is 0 Å². The summed E-state index contributed by atoms with van der Waals surface area (Å²) in [5.41, 5.74) is 4.82. The van der Waals surface area contributed by atoms with Crippen LogP contribution in [0.1, 0.15) is 94.6 Å². The van der Waals surface area contributed by atoms with Crippen molar-refractivity contribution >= 4 is 6.09 Å². The fraction of sp³-hybridized carbons (Fsp3) is 0.698. The summed E-state index contributed by atoms with van der Waals surface area (Å²) < 4.78 is 44.7. The Morgan fingerprint density at radius 2 is 0.849 bits per heavy atom. The largest absolute Gasteiger partial charge is 0.448 e. The van der Waals surface area contributed by atoms with Crippen molar-refractivity contribution in [3.8, 4) is 11.1 Å². The van der Waals surface area contributed by atoms with Crippen molar-refractivity contribution in [1.29, 1.82) is 0 Å². The van der Waals surface area contributed by atoms with E-state index in [0.29, 0.717) is 99.0 Å². The van der Waals surface area contributed by atoms with Crippen LogP contribution in [0.25, 0.3) is 11.1 Å². The number of carbonyl (C=O) groups is 1. The molecule has 1 amide bonds. The van der Waals surface area contributed by atoms with Crippen molar-refractivity contribution in [3.63, 3.8) is 0 Å². The molecular weight excluding hydrogens is 674 g/mol. The lowest BCUT2D eigenvalue weighted by Crippen LogP contribution is -2.32. The van der Waals surface area contributed by atoms with Crippen molar-refractivity contribution in [2.24, 2.45) is 0 Å². The number of hydrogen-bond donors (Lipinski definition) is 0. The molecule has 0 atom stereocenters. The van der Waals surface area contributed by atoms with E-state index < -0.39 is 0 Å². The average Bonchev–Trinajstić information content (AvgIpc) is 3.50. The fourth-order valence-electron chi connectivity index (χ4n) is 6.29. The molecular formula is C43H69NO9. The highest BCUT2D eigenvalue weighted by molar-refractivity contribution is 5.79. The van der Waals surface area contributed by atoms with E-state index in [4.69, 9.17) is 37.9 Å². The van der Waals surface area contributed by atoms with Crippen molar-refractivity contribution < 1.29 is 42.7 Å². The third kappa shape index (κ3) is 20.1. The summed E-state index contributed by atoms with van der Waals surface area (Å²) in [4.78, 5) is 14.2. The molecule has 0 saturated carbocycles. The number of hydrogen-bond acceptors (Lipinski definition) is 9. The molecule has 0 bridgehead atoms. The van der Waals surface area contributed by atoms with E-state index in [1.807, 2.05) is 24.3 Å². The fourth-order valence-corrected chi connectivity index (χ4v) is 6.29. The maximum atomic E-state index is 12.6. The van der Waals surface area contributed by atoms with Crippen molar-refractivity contribution in [2.75, 3.05) is 113 Å². The number of nitrogens with zero attached hydrogens (tertiary/aromatic N) is 1. The molecule has 0 N–H and O–H groups in total. The summed E-state index contributed by atoms with van der Waals surface area (Å²) in [6.07, 6.45) is 14.5. The quantitative estimate of drug-likeness (QED) is 0.0647. The number of fused-ring (bicyclic) bond motifs is 3. The number of likely N-dealkylation sites (N-methyl/N-ethyl adjacent to an activating group) is 1. The Balaban J connectivity index is 0.980. The van der Waals surface area contributed by atoms with Crippen LogP contribution in [0.3, 0.4) is 0 Å². The molecule has 0 heterocycles.